The van der Waals surface area contributed by atoms with Crippen LogP contribution in [0.1, 0.15) is 40.6 Å². The Kier molecular flexibility index (Phi) is 7.33. The Labute approximate surface area is 188 Å². The van der Waals surface area contributed by atoms with E-state index < -0.39 is 0 Å². The van der Waals surface area contributed by atoms with Crippen molar-refractivity contribution in [1.29, 1.82) is 0 Å². The lowest BCUT2D eigenvalue weighted by Crippen LogP contribution is -2.46. The molecule has 1 amide bonds. The van der Waals surface area contributed by atoms with E-state index in [1.165, 1.54) is 10.6 Å². The van der Waals surface area contributed by atoms with Crippen LogP contribution in [0.15, 0.2) is 66.3 Å². The third kappa shape index (κ3) is 6.15. The molecule has 2 N–H and O–H groups in total. The molecule has 6 heteroatoms. The first-order chi connectivity index (χ1) is 15.2. The zero-order valence-electron chi connectivity index (χ0n) is 18.0. The van der Waals surface area contributed by atoms with Crippen molar-refractivity contribution < 1.29 is 4.79 Å². The van der Waals surface area contributed by atoms with Crippen molar-refractivity contribution in [3.8, 4) is 0 Å². The topological polar surface area (TPSA) is 57.3 Å². The molecule has 1 aliphatic rings. The molecule has 0 unspecified atom stereocenters. The van der Waals surface area contributed by atoms with Crippen molar-refractivity contribution in [2.45, 2.75) is 44.8 Å². The van der Waals surface area contributed by atoms with Gasteiger partial charge in [-0.05, 0) is 73.5 Å². The Morgan fingerprint density at radius 1 is 1.16 bits per heavy atom. The summed E-state index contributed by atoms with van der Waals surface area (Å²) in [4.78, 5) is 20.3. The van der Waals surface area contributed by atoms with Gasteiger partial charge >= 0.3 is 0 Å². The molecule has 1 atom stereocenters. The Balaban J connectivity index is 1.23. The van der Waals surface area contributed by atoms with Gasteiger partial charge in [-0.1, -0.05) is 12.1 Å². The van der Waals surface area contributed by atoms with Crippen molar-refractivity contribution in [3.63, 3.8) is 0 Å². The van der Waals surface area contributed by atoms with Crippen molar-refractivity contribution in [2.75, 3.05) is 18.0 Å². The number of piperidine rings is 1. The second kappa shape index (κ2) is 10.6. The molecule has 31 heavy (non-hydrogen) atoms. The number of carbonyl (C=O) groups excluding carboxylic acids is 1. The highest BCUT2D eigenvalue weighted by atomic mass is 32.1. The molecular weight excluding hydrogens is 404 g/mol. The Morgan fingerprint density at radius 2 is 1.97 bits per heavy atom. The molecule has 0 saturated carbocycles. The normalized spacial score (nSPS) is 15.6. The summed E-state index contributed by atoms with van der Waals surface area (Å²) in [5, 5.41) is 8.91. The highest BCUT2D eigenvalue weighted by Crippen LogP contribution is 2.21. The van der Waals surface area contributed by atoms with E-state index >= 15 is 0 Å². The number of nitrogens with one attached hydrogen (secondary N) is 2. The summed E-state index contributed by atoms with van der Waals surface area (Å²) in [5.74, 6) is -0.0574. The molecule has 0 spiro atoms. The molecule has 3 heterocycles. The predicted molar refractivity (Wildman–Crippen MR) is 128 cm³/mol. The zero-order chi connectivity index (χ0) is 21.5. The maximum atomic E-state index is 12.4. The van der Waals surface area contributed by atoms with Gasteiger partial charge in [-0.3, -0.25) is 9.78 Å². The number of benzene rings is 1. The van der Waals surface area contributed by atoms with Gasteiger partial charge in [0.25, 0.3) is 5.91 Å². The van der Waals surface area contributed by atoms with Crippen LogP contribution in [0.3, 0.4) is 0 Å². The molecule has 0 aliphatic carbocycles. The first-order valence-corrected chi connectivity index (χ1v) is 11.9. The molecule has 1 fully saturated rings. The quantitative estimate of drug-likeness (QED) is 0.556. The fraction of sp³-hybridized carbons (Fsp3) is 0.360. The predicted octanol–water partition coefficient (Wildman–Crippen LogP) is 4.26. The average molecular weight is 435 g/mol. The third-order valence-corrected chi connectivity index (χ3v) is 6.67. The lowest BCUT2D eigenvalue weighted by molar-refractivity contribution is 0.0951. The Bertz CT molecular complexity index is 935. The van der Waals surface area contributed by atoms with Gasteiger partial charge in [0.05, 0.1) is 0 Å². The van der Waals surface area contributed by atoms with Crippen molar-refractivity contribution in [2.24, 2.45) is 0 Å². The first-order valence-electron chi connectivity index (χ1n) is 11.0. The summed E-state index contributed by atoms with van der Waals surface area (Å²) >= 11 is 1.84. The number of pyridine rings is 1. The van der Waals surface area contributed by atoms with Crippen LogP contribution in [-0.2, 0) is 13.0 Å². The maximum absolute atomic E-state index is 12.4. The average Bonchev–Trinajstić information content (AvgIpc) is 3.32. The smallest absolute Gasteiger partial charge is 0.251 e. The zero-order valence-corrected chi connectivity index (χ0v) is 18.8. The lowest BCUT2D eigenvalue weighted by Gasteiger charge is -2.35. The van der Waals surface area contributed by atoms with Crippen LogP contribution in [-0.4, -0.2) is 36.1 Å². The van der Waals surface area contributed by atoms with E-state index in [-0.39, 0.29) is 5.91 Å². The molecule has 0 radical (unpaired) electrons. The number of aromatic nitrogens is 1. The molecule has 1 aromatic carbocycles. The van der Waals surface area contributed by atoms with Gasteiger partial charge in [0, 0.05) is 60.2 Å². The van der Waals surface area contributed by atoms with Gasteiger partial charge in [0.2, 0.25) is 0 Å². The second-order valence-electron chi connectivity index (χ2n) is 8.20. The van der Waals surface area contributed by atoms with Gasteiger partial charge in [0.15, 0.2) is 0 Å². The maximum Gasteiger partial charge on any atom is 0.251 e. The lowest BCUT2D eigenvalue weighted by atomic mass is 10.0. The van der Waals surface area contributed by atoms with E-state index in [1.54, 1.807) is 12.4 Å². The van der Waals surface area contributed by atoms with E-state index in [0.29, 0.717) is 24.2 Å². The van der Waals surface area contributed by atoms with Crippen LogP contribution in [0.5, 0.6) is 0 Å². The second-order valence-corrected chi connectivity index (χ2v) is 9.24. The summed E-state index contributed by atoms with van der Waals surface area (Å²) in [6.07, 6.45) is 6.88. The van der Waals surface area contributed by atoms with Crippen LogP contribution in [0.4, 0.5) is 5.69 Å². The van der Waals surface area contributed by atoms with Gasteiger partial charge in [-0.2, -0.15) is 0 Å². The van der Waals surface area contributed by atoms with Crippen molar-refractivity contribution >= 4 is 22.9 Å². The minimum absolute atomic E-state index is 0.0574. The van der Waals surface area contributed by atoms with Crippen LogP contribution in [0.25, 0.3) is 0 Å². The van der Waals surface area contributed by atoms with E-state index in [2.05, 4.69) is 57.1 Å². The Morgan fingerprint density at radius 3 is 2.65 bits per heavy atom. The largest absolute Gasteiger partial charge is 0.371 e. The van der Waals surface area contributed by atoms with Gasteiger partial charge in [-0.25, -0.2) is 0 Å². The SMILES string of the molecule is C[C@H](Cc1cccs1)NC1CCN(c2ccc(C(=O)NCc3cccnc3)cc2)CC1. The van der Waals surface area contributed by atoms with E-state index in [4.69, 9.17) is 0 Å². The minimum Gasteiger partial charge on any atom is -0.371 e. The van der Waals surface area contributed by atoms with Crippen LogP contribution in [0.2, 0.25) is 0 Å². The number of amides is 1. The first kappa shape index (κ1) is 21.5. The van der Waals surface area contributed by atoms with Gasteiger partial charge in [0.1, 0.15) is 0 Å². The van der Waals surface area contributed by atoms with Crippen LogP contribution in [0, 0.1) is 0 Å². The van der Waals surface area contributed by atoms with Crippen molar-refractivity contribution in [1.82, 2.24) is 15.6 Å². The summed E-state index contributed by atoms with van der Waals surface area (Å²) in [7, 11) is 0. The minimum atomic E-state index is -0.0574. The summed E-state index contributed by atoms with van der Waals surface area (Å²) in [6, 6.07) is 17.2. The fourth-order valence-electron chi connectivity index (χ4n) is 4.11. The molecule has 1 saturated heterocycles. The van der Waals surface area contributed by atoms with Gasteiger partial charge < -0.3 is 15.5 Å². The van der Waals surface area contributed by atoms with E-state index in [9.17, 15) is 4.79 Å². The van der Waals surface area contributed by atoms with Gasteiger partial charge in [-0.15, -0.1) is 11.3 Å². The highest BCUT2D eigenvalue weighted by molar-refractivity contribution is 7.09. The molecule has 5 nitrogen and oxygen atoms in total. The number of hydrogen-bond acceptors (Lipinski definition) is 5. The molecule has 4 rings (SSSR count). The number of carbonyl (C=O) groups is 1. The molecule has 3 aromatic rings. The summed E-state index contributed by atoms with van der Waals surface area (Å²) in [5.41, 5.74) is 2.87. The van der Waals surface area contributed by atoms with Crippen LogP contribution >= 0.6 is 11.3 Å². The number of anilines is 1. The molecule has 0 bridgehead atoms. The summed E-state index contributed by atoms with van der Waals surface area (Å²) < 4.78 is 0. The molecule has 162 valence electrons. The van der Waals surface area contributed by atoms with E-state index in [1.807, 2.05) is 35.6 Å². The fourth-order valence-corrected chi connectivity index (χ4v) is 4.94. The number of hydrogen-bond donors (Lipinski definition) is 2. The highest BCUT2D eigenvalue weighted by Gasteiger charge is 2.21. The molecule has 1 aliphatic heterocycles. The molecular formula is C25H30N4OS. The van der Waals surface area contributed by atoms with Crippen molar-refractivity contribution in [3.05, 3.63) is 82.3 Å². The molecule has 2 aromatic heterocycles. The monoisotopic (exact) mass is 434 g/mol. The number of thiophene rings is 1. The number of nitrogens with zero attached hydrogens (tertiary/aromatic N) is 2. The number of rotatable bonds is 8. The van der Waals surface area contributed by atoms with E-state index in [0.717, 1.165) is 37.9 Å². The third-order valence-electron chi connectivity index (χ3n) is 5.77. The Hall–Kier alpha value is -2.70. The van der Waals surface area contributed by atoms with Crippen LogP contribution < -0.4 is 15.5 Å². The standard InChI is InChI=1S/C25H30N4OS/c1-19(16-24-5-3-15-31-24)28-22-10-13-29(14-11-22)23-8-6-21(7-9-23)25(30)27-18-20-4-2-12-26-17-20/h2-9,12,15,17,19,22,28H,10-11,13-14,16,18H2,1H3,(H,27,30)/t19-/m1/s1. The summed E-state index contributed by atoms with van der Waals surface area (Å²) in [6.45, 7) is 4.84.